The van der Waals surface area contributed by atoms with Gasteiger partial charge in [0.2, 0.25) is 5.91 Å². The Bertz CT molecular complexity index is 671. The number of hydrogen-bond donors (Lipinski definition) is 2. The van der Waals surface area contributed by atoms with Gasteiger partial charge < -0.3 is 11.1 Å². The Morgan fingerprint density at radius 3 is 2.58 bits per heavy atom. The molecule has 0 radical (unpaired) electrons. The molecule has 1 aliphatic heterocycles. The smallest absolute Gasteiger partial charge is 0.227 e. The maximum absolute atomic E-state index is 12.4. The van der Waals surface area contributed by atoms with E-state index in [-0.39, 0.29) is 24.2 Å². The van der Waals surface area contributed by atoms with Crippen LogP contribution < -0.4 is 11.1 Å². The van der Waals surface area contributed by atoms with Crippen LogP contribution in [0, 0.1) is 5.92 Å². The van der Waals surface area contributed by atoms with Crippen LogP contribution in [0.3, 0.4) is 0 Å². The largest absolute Gasteiger partial charge is 0.375 e. The van der Waals surface area contributed by atoms with E-state index in [1.807, 2.05) is 30.5 Å². The molecule has 0 aliphatic carbocycles. The van der Waals surface area contributed by atoms with Crippen LogP contribution in [-0.4, -0.2) is 28.9 Å². The van der Waals surface area contributed by atoms with Crippen molar-refractivity contribution in [3.05, 3.63) is 39.8 Å². The molecule has 1 saturated heterocycles. The van der Waals surface area contributed by atoms with Gasteiger partial charge in [-0.05, 0) is 50.2 Å². The molecular weight excluding hydrogens is 412 g/mol. The van der Waals surface area contributed by atoms with Crippen molar-refractivity contribution in [1.82, 2.24) is 9.88 Å². The number of carbonyl (C=O) groups excluding carboxylic acids is 1. The predicted octanol–water partition coefficient (Wildman–Crippen LogP) is 3.76. The third-order valence-electron chi connectivity index (χ3n) is 4.02. The first-order chi connectivity index (χ1) is 11.1. The van der Waals surface area contributed by atoms with Gasteiger partial charge in [0.25, 0.3) is 0 Å². The Morgan fingerprint density at radius 2 is 2.00 bits per heavy atom. The van der Waals surface area contributed by atoms with Gasteiger partial charge in [-0.2, -0.15) is 0 Å². The van der Waals surface area contributed by atoms with Gasteiger partial charge in [0.1, 0.15) is 0 Å². The normalized spacial score (nSPS) is 15.7. The second kappa shape index (κ2) is 8.80. The number of hydrogen-bond acceptors (Lipinski definition) is 5. The summed E-state index contributed by atoms with van der Waals surface area (Å²) in [5.74, 6) is 0.204. The molecule has 0 spiro atoms. The van der Waals surface area contributed by atoms with Gasteiger partial charge in [0, 0.05) is 33.7 Å². The molecule has 24 heavy (non-hydrogen) atoms. The molecule has 1 aromatic carbocycles. The molecule has 3 N–H and O–H groups in total. The molecule has 5 nitrogen and oxygen atoms in total. The Hall–Kier alpha value is -1.15. The highest BCUT2D eigenvalue weighted by atomic mass is 79.9. The molecule has 0 bridgehead atoms. The summed E-state index contributed by atoms with van der Waals surface area (Å²) in [4.78, 5) is 20.0. The van der Waals surface area contributed by atoms with E-state index in [1.165, 1.54) is 16.2 Å². The predicted molar refractivity (Wildman–Crippen MR) is 105 cm³/mol. The van der Waals surface area contributed by atoms with Crippen molar-refractivity contribution in [3.8, 4) is 0 Å². The van der Waals surface area contributed by atoms with E-state index in [9.17, 15) is 4.79 Å². The number of piperidine rings is 1. The van der Waals surface area contributed by atoms with E-state index in [0.29, 0.717) is 5.13 Å². The fourth-order valence-electron chi connectivity index (χ4n) is 2.75. The van der Waals surface area contributed by atoms with Crippen LogP contribution in [0.2, 0.25) is 0 Å². The summed E-state index contributed by atoms with van der Waals surface area (Å²) in [6.45, 7) is 2.72. The maximum Gasteiger partial charge on any atom is 0.227 e. The molecule has 1 aromatic heterocycles. The summed E-state index contributed by atoms with van der Waals surface area (Å²) in [5, 5.41) is 3.62. The fourth-order valence-corrected chi connectivity index (χ4v) is 3.74. The van der Waals surface area contributed by atoms with Crippen molar-refractivity contribution >= 4 is 56.4 Å². The van der Waals surface area contributed by atoms with Crippen molar-refractivity contribution in [2.24, 2.45) is 5.92 Å². The summed E-state index contributed by atoms with van der Waals surface area (Å²) >= 11 is 4.93. The van der Waals surface area contributed by atoms with E-state index < -0.39 is 0 Å². The van der Waals surface area contributed by atoms with E-state index in [0.717, 1.165) is 42.6 Å². The first-order valence-electron chi connectivity index (χ1n) is 7.59. The number of nitrogens with two attached hydrogens (primary N) is 1. The number of aromatic nitrogens is 1. The zero-order chi connectivity index (χ0) is 16.2. The van der Waals surface area contributed by atoms with Crippen LogP contribution >= 0.6 is 39.7 Å². The number of anilines is 2. The summed E-state index contributed by atoms with van der Waals surface area (Å²) < 4.78 is 1.01. The minimum absolute atomic E-state index is 0. The average Bonchev–Trinajstić information content (AvgIpc) is 2.95. The van der Waals surface area contributed by atoms with Crippen LogP contribution in [0.1, 0.15) is 17.7 Å². The molecule has 2 heterocycles. The lowest BCUT2D eigenvalue weighted by atomic mass is 9.96. The monoisotopic (exact) mass is 430 g/mol. The standard InChI is InChI=1S/C16H19BrN4OS.ClH/c17-12-1-3-13(4-2-12)20-15(22)11-5-7-21(8-6-11)10-14-9-19-16(18)23-14;/h1-4,9,11H,5-8,10H2,(H2,18,19)(H,20,22);1H. The average molecular weight is 432 g/mol. The Kier molecular flexibility index (Phi) is 7.03. The van der Waals surface area contributed by atoms with Crippen molar-refractivity contribution in [1.29, 1.82) is 0 Å². The molecule has 8 heteroatoms. The highest BCUT2D eigenvalue weighted by Crippen LogP contribution is 2.23. The molecule has 1 aliphatic rings. The lowest BCUT2D eigenvalue weighted by Crippen LogP contribution is -2.37. The molecule has 2 aromatic rings. The third-order valence-corrected chi connectivity index (χ3v) is 5.36. The Morgan fingerprint density at radius 1 is 1.33 bits per heavy atom. The number of likely N-dealkylation sites (tertiary alicyclic amines) is 1. The van der Waals surface area contributed by atoms with Gasteiger partial charge in [0.05, 0.1) is 0 Å². The quantitative estimate of drug-likeness (QED) is 0.773. The molecule has 3 rings (SSSR count). The highest BCUT2D eigenvalue weighted by molar-refractivity contribution is 9.10. The highest BCUT2D eigenvalue weighted by Gasteiger charge is 2.25. The van der Waals surface area contributed by atoms with Crippen LogP contribution in [0.25, 0.3) is 0 Å². The SMILES string of the molecule is Cl.Nc1ncc(CN2CCC(C(=O)Nc3ccc(Br)cc3)CC2)s1. The van der Waals surface area contributed by atoms with Crippen LogP contribution in [0.15, 0.2) is 34.9 Å². The summed E-state index contributed by atoms with van der Waals surface area (Å²) in [6, 6.07) is 7.68. The van der Waals surface area contributed by atoms with Gasteiger partial charge in [-0.25, -0.2) is 4.98 Å². The number of nitrogens with one attached hydrogen (secondary N) is 1. The van der Waals surface area contributed by atoms with Crippen LogP contribution in [0.5, 0.6) is 0 Å². The number of nitrogens with zero attached hydrogens (tertiary/aromatic N) is 2. The van der Waals surface area contributed by atoms with Crippen LogP contribution in [0.4, 0.5) is 10.8 Å². The zero-order valence-corrected chi connectivity index (χ0v) is 16.3. The zero-order valence-electron chi connectivity index (χ0n) is 13.1. The lowest BCUT2D eigenvalue weighted by Gasteiger charge is -2.30. The molecule has 0 unspecified atom stereocenters. The van der Waals surface area contributed by atoms with E-state index in [1.54, 1.807) is 0 Å². The van der Waals surface area contributed by atoms with Crippen molar-refractivity contribution in [2.75, 3.05) is 24.1 Å². The lowest BCUT2D eigenvalue weighted by molar-refractivity contribution is -0.121. The second-order valence-electron chi connectivity index (χ2n) is 5.71. The minimum Gasteiger partial charge on any atom is -0.375 e. The summed E-state index contributed by atoms with van der Waals surface area (Å²) in [6.07, 6.45) is 3.61. The topological polar surface area (TPSA) is 71.2 Å². The van der Waals surface area contributed by atoms with Gasteiger partial charge in [-0.1, -0.05) is 15.9 Å². The Labute approximate surface area is 160 Å². The van der Waals surface area contributed by atoms with E-state index in [2.05, 4.69) is 31.1 Å². The number of carbonyl (C=O) groups is 1. The van der Waals surface area contributed by atoms with Gasteiger partial charge >= 0.3 is 0 Å². The van der Waals surface area contributed by atoms with Gasteiger partial charge in [-0.3, -0.25) is 9.69 Å². The number of halogens is 2. The minimum atomic E-state index is 0. The van der Waals surface area contributed by atoms with E-state index in [4.69, 9.17) is 5.73 Å². The molecule has 130 valence electrons. The molecule has 0 saturated carbocycles. The van der Waals surface area contributed by atoms with E-state index >= 15 is 0 Å². The summed E-state index contributed by atoms with van der Waals surface area (Å²) in [7, 11) is 0. The van der Waals surface area contributed by atoms with Crippen molar-refractivity contribution < 1.29 is 4.79 Å². The second-order valence-corrected chi connectivity index (χ2v) is 7.77. The number of rotatable bonds is 4. The molecule has 0 atom stereocenters. The maximum atomic E-state index is 12.4. The van der Waals surface area contributed by atoms with Crippen LogP contribution in [-0.2, 0) is 11.3 Å². The van der Waals surface area contributed by atoms with Gasteiger partial charge in [-0.15, -0.1) is 23.7 Å². The van der Waals surface area contributed by atoms with Crippen molar-refractivity contribution in [3.63, 3.8) is 0 Å². The van der Waals surface area contributed by atoms with Gasteiger partial charge in [0.15, 0.2) is 5.13 Å². The summed E-state index contributed by atoms with van der Waals surface area (Å²) in [5.41, 5.74) is 6.51. The van der Waals surface area contributed by atoms with Crippen molar-refractivity contribution in [2.45, 2.75) is 19.4 Å². The first kappa shape index (κ1) is 19.2. The molecule has 1 amide bonds. The fraction of sp³-hybridized carbons (Fsp3) is 0.375. The molecular formula is C16H20BrClN4OS. The third kappa shape index (κ3) is 5.17. The Balaban J connectivity index is 0.00000208. The number of benzene rings is 1. The number of thiazole rings is 1. The molecule has 1 fully saturated rings. The first-order valence-corrected chi connectivity index (χ1v) is 9.20. The number of nitrogen functional groups attached to an aromatic ring is 1. The number of amides is 1.